The predicted octanol–water partition coefficient (Wildman–Crippen LogP) is 15.5. The zero-order valence-electron chi connectivity index (χ0n) is 40.8. The lowest BCUT2D eigenvalue weighted by Crippen LogP contribution is -2.50. The number of benzene rings is 4. The van der Waals surface area contributed by atoms with Gasteiger partial charge in [0, 0.05) is 32.4 Å². The quantitative estimate of drug-likeness (QED) is 0.153. The maximum atomic E-state index is 11.4. The molecule has 6 fully saturated rings. The molecule has 328 valence electrons. The van der Waals surface area contributed by atoms with Gasteiger partial charge in [0.1, 0.15) is 0 Å². The van der Waals surface area contributed by atoms with E-state index in [9.17, 15) is 10.5 Å². The highest BCUT2D eigenvalue weighted by Crippen LogP contribution is 2.79. The first-order chi connectivity index (χ1) is 30.7. The molecule has 0 saturated heterocycles. The number of fused-ring (bicyclic) bond motifs is 20. The Bertz CT molecular complexity index is 3260. The molecular weight excluding hydrogens is 787 g/mol. The van der Waals surface area contributed by atoms with Gasteiger partial charge in [0.05, 0.1) is 39.8 Å². The number of nitriles is 2. The Morgan fingerprint density at radius 3 is 1.25 bits per heavy atom. The summed E-state index contributed by atoms with van der Waals surface area (Å²) in [7, 11) is 0. The average molecular weight is 852 g/mol. The van der Waals surface area contributed by atoms with Crippen LogP contribution in [0.5, 0.6) is 0 Å². The molecule has 10 aliphatic rings. The first-order valence-corrected chi connectivity index (χ1v) is 26.2. The summed E-state index contributed by atoms with van der Waals surface area (Å²) in [4.78, 5) is 0. The molecule has 6 saturated carbocycles. The third kappa shape index (κ3) is 3.57. The van der Waals surface area contributed by atoms with Crippen molar-refractivity contribution < 1.29 is 0 Å². The molecular formula is C62H65N3. The molecule has 0 amide bonds. The van der Waals surface area contributed by atoms with Crippen LogP contribution < -0.4 is 0 Å². The monoisotopic (exact) mass is 852 g/mol. The highest BCUT2D eigenvalue weighted by molar-refractivity contribution is 6.30. The van der Waals surface area contributed by atoms with Gasteiger partial charge >= 0.3 is 0 Å². The summed E-state index contributed by atoms with van der Waals surface area (Å²) in [6.45, 7) is 28.0. The molecule has 16 rings (SSSR count). The van der Waals surface area contributed by atoms with E-state index in [0.29, 0.717) is 34.5 Å². The molecule has 4 aromatic carbocycles. The van der Waals surface area contributed by atoms with E-state index in [1.54, 1.807) is 27.8 Å². The van der Waals surface area contributed by atoms with Crippen LogP contribution in [0.15, 0.2) is 24.3 Å². The van der Waals surface area contributed by atoms with Crippen LogP contribution in [0.25, 0.3) is 49.2 Å². The number of rotatable bonds is 0. The van der Waals surface area contributed by atoms with Gasteiger partial charge in [-0.3, -0.25) is 0 Å². The van der Waals surface area contributed by atoms with Gasteiger partial charge < -0.3 is 4.40 Å². The SMILES string of the molecule is CC(C)(C)c1cc2c3c(c1)C(C)(C)C(C)(C)c1c-3c(c3c4c5c(c(C#N)cc4n4c6cc(C#N)c7c(c6c1c34)C1CC3CC4CC7CC43C1)C1CC3CC4CC5CC34C1)C(C)(C)C2(C)C. The predicted molar refractivity (Wildman–Crippen MR) is 263 cm³/mol. The van der Waals surface area contributed by atoms with E-state index in [1.165, 1.54) is 136 Å². The van der Waals surface area contributed by atoms with Gasteiger partial charge in [-0.1, -0.05) is 88.3 Å². The molecule has 3 nitrogen and oxygen atoms in total. The highest BCUT2D eigenvalue weighted by Gasteiger charge is 2.68. The van der Waals surface area contributed by atoms with Crippen LogP contribution in [0.2, 0.25) is 0 Å². The Balaban J connectivity index is 1.20. The Morgan fingerprint density at radius 1 is 0.492 bits per heavy atom. The van der Waals surface area contributed by atoms with Crippen molar-refractivity contribution in [1.82, 2.24) is 4.40 Å². The van der Waals surface area contributed by atoms with E-state index in [-0.39, 0.29) is 27.1 Å². The molecule has 2 heterocycles. The molecule has 6 aromatic rings. The van der Waals surface area contributed by atoms with Crippen LogP contribution in [0.3, 0.4) is 0 Å². The standard InChI is InChI=1S/C62H65N3/c1-56(2,3)34-20-39-47-40(21-34)58(6,7)60(10,11)54-50(47)53(59(8,9)57(39,4)5)51-48-41(16-32(26-63)43-28-12-35-18-37-14-30(45(43)48)24-61(35,37)22-28)65-42-17-33(27-64)44-29-13-36-19-38-15-31(25-62(36,38)23-29)46(44)49(42)52(54)55(51)65/h16-17,20-21,28-31,35-38H,12-15,18-19,22-25H2,1-11H3. The van der Waals surface area contributed by atoms with Crippen LogP contribution in [-0.2, 0) is 27.1 Å². The molecule has 10 atom stereocenters. The third-order valence-electron chi connectivity index (χ3n) is 24.5. The lowest BCUT2D eigenvalue weighted by Gasteiger charge is -2.57. The van der Waals surface area contributed by atoms with Gasteiger partial charge in [0.2, 0.25) is 0 Å². The summed E-state index contributed by atoms with van der Waals surface area (Å²) in [5.41, 5.74) is 22.8. The molecule has 10 aliphatic carbocycles. The van der Waals surface area contributed by atoms with Crippen molar-refractivity contribution >= 4 is 38.1 Å². The maximum Gasteiger partial charge on any atom is 0.0995 e. The van der Waals surface area contributed by atoms with Crippen molar-refractivity contribution in [2.75, 3.05) is 0 Å². The van der Waals surface area contributed by atoms with Gasteiger partial charge in [-0.2, -0.15) is 10.5 Å². The van der Waals surface area contributed by atoms with Crippen molar-refractivity contribution in [3.05, 3.63) is 85.5 Å². The number of nitrogens with zero attached hydrogens (tertiary/aromatic N) is 3. The minimum absolute atomic E-state index is 0.0140. The zero-order valence-corrected chi connectivity index (χ0v) is 40.8. The molecule has 65 heavy (non-hydrogen) atoms. The zero-order chi connectivity index (χ0) is 44.6. The molecule has 0 N–H and O–H groups in total. The minimum atomic E-state index is -0.225. The summed E-state index contributed by atoms with van der Waals surface area (Å²) in [6.07, 6.45) is 13.1. The first kappa shape index (κ1) is 37.7. The Kier molecular flexibility index (Phi) is 6.02. The van der Waals surface area contributed by atoms with Crippen molar-refractivity contribution in [2.24, 2.45) is 34.5 Å². The van der Waals surface area contributed by atoms with E-state index >= 15 is 0 Å². The second kappa shape index (κ2) is 10.4. The number of hydrogen-bond acceptors (Lipinski definition) is 2. The van der Waals surface area contributed by atoms with Crippen LogP contribution in [0.1, 0.15) is 225 Å². The third-order valence-corrected chi connectivity index (χ3v) is 24.5. The molecule has 10 unspecified atom stereocenters. The van der Waals surface area contributed by atoms with Crippen molar-refractivity contribution in [3.8, 4) is 23.3 Å². The minimum Gasteiger partial charge on any atom is -0.308 e. The van der Waals surface area contributed by atoms with E-state index < -0.39 is 0 Å². The second-order valence-electron chi connectivity index (χ2n) is 28.0. The van der Waals surface area contributed by atoms with Gasteiger partial charge in [-0.15, -0.1) is 0 Å². The molecule has 0 aliphatic heterocycles. The van der Waals surface area contributed by atoms with E-state index in [2.05, 4.69) is 117 Å². The van der Waals surface area contributed by atoms with Crippen molar-refractivity contribution in [1.29, 1.82) is 10.5 Å². The largest absolute Gasteiger partial charge is 0.308 e. The van der Waals surface area contributed by atoms with E-state index in [4.69, 9.17) is 0 Å². The highest BCUT2D eigenvalue weighted by atomic mass is 14.9. The van der Waals surface area contributed by atoms with E-state index in [0.717, 1.165) is 34.8 Å². The van der Waals surface area contributed by atoms with Crippen LogP contribution in [0, 0.1) is 57.2 Å². The number of hydrogen-bond donors (Lipinski definition) is 0. The normalized spacial score (nSPS) is 36.5. The Labute approximate surface area is 385 Å². The van der Waals surface area contributed by atoms with Crippen molar-refractivity contribution in [2.45, 2.75) is 191 Å². The molecule has 6 bridgehead atoms. The van der Waals surface area contributed by atoms with Crippen LogP contribution >= 0.6 is 0 Å². The average Bonchev–Trinajstić information content (AvgIpc) is 4.03. The Hall–Kier alpha value is -4.34. The van der Waals surface area contributed by atoms with Crippen molar-refractivity contribution in [3.63, 3.8) is 0 Å². The van der Waals surface area contributed by atoms with Gasteiger partial charge in [-0.05, 0) is 212 Å². The number of aromatic nitrogens is 1. The fraction of sp³-hybridized carbons (Fsp3) is 0.581. The molecule has 0 radical (unpaired) electrons. The maximum absolute atomic E-state index is 11.4. The lowest BCUT2D eigenvalue weighted by atomic mass is 9.46. The second-order valence-corrected chi connectivity index (χ2v) is 28.0. The lowest BCUT2D eigenvalue weighted by molar-refractivity contribution is 0.00321. The Morgan fingerprint density at radius 2 is 0.877 bits per heavy atom. The fourth-order valence-electron chi connectivity index (χ4n) is 20.4. The van der Waals surface area contributed by atoms with Gasteiger partial charge in [0.15, 0.2) is 0 Å². The summed E-state index contributed by atoms with van der Waals surface area (Å²) < 4.78 is 2.72. The molecule has 3 heteroatoms. The topological polar surface area (TPSA) is 52.0 Å². The smallest absolute Gasteiger partial charge is 0.0995 e. The first-order valence-electron chi connectivity index (χ1n) is 26.2. The van der Waals surface area contributed by atoms with Crippen LogP contribution in [-0.4, -0.2) is 4.40 Å². The summed E-state index contributed by atoms with van der Waals surface area (Å²) >= 11 is 0. The summed E-state index contributed by atoms with van der Waals surface area (Å²) in [5, 5.41) is 28.9. The van der Waals surface area contributed by atoms with Gasteiger partial charge in [0.25, 0.3) is 0 Å². The summed E-state index contributed by atoms with van der Waals surface area (Å²) in [6, 6.07) is 15.9. The fourth-order valence-corrected chi connectivity index (χ4v) is 20.4. The van der Waals surface area contributed by atoms with Crippen LogP contribution in [0.4, 0.5) is 0 Å². The van der Waals surface area contributed by atoms with Gasteiger partial charge in [-0.25, -0.2) is 0 Å². The van der Waals surface area contributed by atoms with E-state index in [1.807, 2.05) is 0 Å². The summed E-state index contributed by atoms with van der Waals surface area (Å²) in [5.74, 6) is 5.33. The molecule has 2 spiro atoms. The molecule has 2 aromatic heterocycles.